The number of nitrogens with one attached hydrogen (secondary N) is 3. The predicted octanol–water partition coefficient (Wildman–Crippen LogP) is 0.256. The Kier molecular flexibility index (Phi) is 8.58. The Morgan fingerprint density at radius 1 is 1.42 bits per heavy atom. The molecule has 0 aromatic heterocycles. The number of rotatable bonds is 8. The molecule has 1 amide bonds. The molecule has 24 heavy (non-hydrogen) atoms. The maximum Gasteiger partial charge on any atom is 0.407 e. The summed E-state index contributed by atoms with van der Waals surface area (Å²) in [5.41, 5.74) is -1.01. The highest BCUT2D eigenvalue weighted by atomic mass is 32.2. The first-order valence-electron chi connectivity index (χ1n) is 7.35. The van der Waals surface area contributed by atoms with Gasteiger partial charge in [0.1, 0.15) is 10.5 Å². The van der Waals surface area contributed by atoms with Crippen molar-refractivity contribution >= 4 is 16.1 Å². The van der Waals surface area contributed by atoms with Crippen LogP contribution in [0.15, 0.2) is 23.3 Å². The maximum absolute atomic E-state index is 12.0. The second-order valence-electron chi connectivity index (χ2n) is 6.27. The highest BCUT2D eigenvalue weighted by Gasteiger charge is 2.24. The van der Waals surface area contributed by atoms with Crippen LogP contribution in [-0.2, 0) is 14.8 Å². The molecule has 0 aliphatic rings. The van der Waals surface area contributed by atoms with Crippen LogP contribution in [0.3, 0.4) is 0 Å². The summed E-state index contributed by atoms with van der Waals surface area (Å²) in [5.74, 6) is -0.237. The molecule has 0 bridgehead atoms. The van der Waals surface area contributed by atoms with Crippen molar-refractivity contribution in [1.82, 2.24) is 10.0 Å². The van der Waals surface area contributed by atoms with Gasteiger partial charge in [0.2, 0.25) is 10.0 Å². The minimum absolute atomic E-state index is 0.00770. The lowest BCUT2D eigenvalue weighted by Gasteiger charge is -2.21. The van der Waals surface area contributed by atoms with E-state index < -0.39 is 31.8 Å². The summed E-state index contributed by atoms with van der Waals surface area (Å²) in [6, 6.07) is 0. The molecule has 2 unspecified atom stereocenters. The fraction of sp³-hybridized carbons (Fsp3) is 0.643. The first-order valence-corrected chi connectivity index (χ1v) is 8.84. The van der Waals surface area contributed by atoms with E-state index in [9.17, 15) is 18.4 Å². The van der Waals surface area contributed by atoms with Gasteiger partial charge in [-0.3, -0.25) is 0 Å². The van der Waals surface area contributed by atoms with Gasteiger partial charge in [-0.2, -0.15) is 5.23 Å². The van der Waals surface area contributed by atoms with Crippen LogP contribution in [0.25, 0.3) is 0 Å². The lowest BCUT2D eigenvalue weighted by Crippen LogP contribution is -3.02. The number of allylic oxidation sites excluding steroid dienone is 1. The van der Waals surface area contributed by atoms with Crippen LogP contribution in [0, 0.1) is 11.1 Å². The molecule has 10 heteroatoms. The predicted molar refractivity (Wildman–Crippen MR) is 89.3 cm³/mol. The lowest BCUT2D eigenvalue weighted by atomic mass is 10.2. The standard InChI is InChI=1S/C14H27N3O6S/c1-7-12(17(19)20)11(3)24(21,22)16-9-10(2)8-15-13(18)23-14(4,5)6/h7,10,16-17,19H,3,8-9H2,1-2,4-6H3,(H,15,18)/b12-7+. The summed E-state index contributed by atoms with van der Waals surface area (Å²) in [7, 11) is -4.02. The van der Waals surface area contributed by atoms with Gasteiger partial charge in [0.25, 0.3) is 0 Å². The van der Waals surface area contributed by atoms with E-state index in [1.807, 2.05) is 0 Å². The minimum atomic E-state index is -4.02. The van der Waals surface area contributed by atoms with Crippen molar-refractivity contribution in [2.45, 2.75) is 40.2 Å². The summed E-state index contributed by atoms with van der Waals surface area (Å²) in [5, 5.41) is 21.1. The highest BCUT2D eigenvalue weighted by molar-refractivity contribution is 7.93. The zero-order chi connectivity index (χ0) is 19.1. The van der Waals surface area contributed by atoms with Gasteiger partial charge in [-0.25, -0.2) is 23.1 Å². The molecule has 9 nitrogen and oxygen atoms in total. The smallest absolute Gasteiger partial charge is 0.407 e. The van der Waals surface area contributed by atoms with Crippen molar-refractivity contribution in [2.75, 3.05) is 13.1 Å². The van der Waals surface area contributed by atoms with E-state index in [4.69, 9.17) is 9.94 Å². The molecule has 0 aromatic rings. The summed E-state index contributed by atoms with van der Waals surface area (Å²) in [6.07, 6.45) is 0.570. The number of hydroxylamine groups is 2. The van der Waals surface area contributed by atoms with E-state index in [0.29, 0.717) is 0 Å². The summed E-state index contributed by atoms with van der Waals surface area (Å²) >= 11 is 0. The van der Waals surface area contributed by atoms with Crippen LogP contribution < -0.4 is 15.3 Å². The van der Waals surface area contributed by atoms with Crippen molar-refractivity contribution < 1.29 is 28.4 Å². The lowest BCUT2D eigenvalue weighted by molar-refractivity contribution is -1.01. The van der Waals surface area contributed by atoms with Gasteiger partial charge in [-0.15, -0.1) is 0 Å². The van der Waals surface area contributed by atoms with E-state index in [-0.39, 0.29) is 24.7 Å². The quantitative estimate of drug-likeness (QED) is 0.360. The number of amides is 1. The normalized spacial score (nSPS) is 15.5. The zero-order valence-electron chi connectivity index (χ0n) is 14.7. The van der Waals surface area contributed by atoms with E-state index >= 15 is 0 Å². The van der Waals surface area contributed by atoms with Gasteiger partial charge in [-0.05, 0) is 39.7 Å². The third-order valence-corrected chi connectivity index (χ3v) is 4.17. The van der Waals surface area contributed by atoms with Crippen LogP contribution in [-0.4, -0.2) is 38.4 Å². The van der Waals surface area contributed by atoms with E-state index in [2.05, 4.69) is 16.6 Å². The Bertz CT molecular complexity index is 578. The van der Waals surface area contributed by atoms with Crippen LogP contribution in [0.1, 0.15) is 34.6 Å². The molecule has 0 saturated heterocycles. The highest BCUT2D eigenvalue weighted by Crippen LogP contribution is 2.09. The zero-order valence-corrected chi connectivity index (χ0v) is 15.5. The number of sulfonamides is 1. The number of carbonyl (C=O) groups is 1. The Labute approximate surface area is 142 Å². The average Bonchev–Trinajstić information content (AvgIpc) is 2.41. The minimum Gasteiger partial charge on any atom is -0.595 e. The summed E-state index contributed by atoms with van der Waals surface area (Å²) < 4.78 is 31.4. The molecule has 0 aromatic carbocycles. The number of alkyl carbamates (subject to hydrolysis) is 1. The van der Waals surface area contributed by atoms with Crippen LogP contribution in [0.2, 0.25) is 0 Å². The second kappa shape index (κ2) is 9.14. The average molecular weight is 365 g/mol. The Morgan fingerprint density at radius 2 is 1.96 bits per heavy atom. The Morgan fingerprint density at radius 3 is 2.38 bits per heavy atom. The second-order valence-corrected chi connectivity index (χ2v) is 8.06. The largest absolute Gasteiger partial charge is 0.595 e. The molecule has 0 rings (SSSR count). The van der Waals surface area contributed by atoms with Gasteiger partial charge in [-0.1, -0.05) is 13.5 Å². The first kappa shape index (κ1) is 22.5. The molecule has 0 heterocycles. The third kappa shape index (κ3) is 8.41. The molecule has 140 valence electrons. The molecule has 4 N–H and O–H groups in total. The Hall–Kier alpha value is -1.46. The van der Waals surface area contributed by atoms with Crippen molar-refractivity contribution in [3.8, 4) is 0 Å². The van der Waals surface area contributed by atoms with Crippen molar-refractivity contribution in [3.05, 3.63) is 28.5 Å². The third-order valence-electron chi connectivity index (χ3n) is 2.76. The van der Waals surface area contributed by atoms with Crippen molar-refractivity contribution in [1.29, 1.82) is 0 Å². The van der Waals surface area contributed by atoms with E-state index in [1.165, 1.54) is 6.92 Å². The molecule has 2 atom stereocenters. The molecule has 0 aliphatic carbocycles. The van der Waals surface area contributed by atoms with E-state index in [1.54, 1.807) is 27.7 Å². The topological polar surface area (TPSA) is 132 Å². The van der Waals surface area contributed by atoms with Gasteiger partial charge in [0.15, 0.2) is 5.70 Å². The fourth-order valence-electron chi connectivity index (χ4n) is 1.53. The summed E-state index contributed by atoms with van der Waals surface area (Å²) in [4.78, 5) is 11.0. The Balaban J connectivity index is 4.52. The number of carbonyl (C=O) groups excluding carboxylic acids is 1. The fourth-order valence-corrected chi connectivity index (χ4v) is 2.70. The maximum atomic E-state index is 12.0. The van der Waals surface area contributed by atoms with E-state index in [0.717, 1.165) is 6.08 Å². The van der Waals surface area contributed by atoms with Crippen LogP contribution >= 0.6 is 0 Å². The number of hydrogen-bond donors (Lipinski definition) is 4. The van der Waals surface area contributed by atoms with Crippen LogP contribution in [0.5, 0.6) is 0 Å². The van der Waals surface area contributed by atoms with Gasteiger partial charge in [0, 0.05) is 13.1 Å². The van der Waals surface area contributed by atoms with Gasteiger partial charge < -0.3 is 15.3 Å². The molecule has 0 fully saturated rings. The first-order chi connectivity index (χ1) is 10.8. The summed E-state index contributed by atoms with van der Waals surface area (Å²) in [6.45, 7) is 11.9. The molecule has 0 aliphatic heterocycles. The molecular formula is C14H27N3O6S. The van der Waals surface area contributed by atoms with Crippen LogP contribution in [0.4, 0.5) is 4.79 Å². The molecular weight excluding hydrogens is 338 g/mol. The SMILES string of the molecule is C=C(/C(=C\C)[NH+]([O-])O)S(=O)(=O)NCC(C)CNC(=O)OC(C)(C)C. The number of hydrogen-bond acceptors (Lipinski definition) is 6. The van der Waals surface area contributed by atoms with Crippen molar-refractivity contribution in [3.63, 3.8) is 0 Å². The van der Waals surface area contributed by atoms with Gasteiger partial charge >= 0.3 is 6.09 Å². The molecule has 0 spiro atoms. The number of quaternary nitrogens is 1. The molecule has 0 radical (unpaired) electrons. The molecule has 0 saturated carbocycles. The number of ether oxygens (including phenoxy) is 1. The van der Waals surface area contributed by atoms with Crippen molar-refractivity contribution in [2.24, 2.45) is 5.92 Å². The monoisotopic (exact) mass is 365 g/mol. The van der Waals surface area contributed by atoms with Gasteiger partial charge in [0.05, 0.1) is 0 Å².